The molecule has 3 aromatic heterocycles. The molecule has 8 heteroatoms. The van der Waals surface area contributed by atoms with E-state index in [9.17, 15) is 9.18 Å². The molecule has 1 aliphatic carbocycles. The number of carbonyl (C=O) groups is 1. The van der Waals surface area contributed by atoms with Crippen molar-refractivity contribution in [2.75, 3.05) is 5.75 Å². The highest BCUT2D eigenvalue weighted by Gasteiger charge is 2.30. The van der Waals surface area contributed by atoms with Crippen LogP contribution < -0.4 is 0 Å². The first-order chi connectivity index (χ1) is 15.5. The molecule has 0 N–H and O–H groups in total. The van der Waals surface area contributed by atoms with Crippen molar-refractivity contribution in [1.82, 2.24) is 24.3 Å². The van der Waals surface area contributed by atoms with Crippen LogP contribution >= 0.6 is 11.8 Å². The molecule has 1 aliphatic rings. The van der Waals surface area contributed by atoms with E-state index < -0.39 is 0 Å². The first kappa shape index (κ1) is 20.6. The van der Waals surface area contributed by atoms with Crippen LogP contribution in [0.1, 0.15) is 40.6 Å². The van der Waals surface area contributed by atoms with Gasteiger partial charge in [-0.15, -0.1) is 10.2 Å². The first-order valence-electron chi connectivity index (χ1n) is 10.5. The third-order valence-electron chi connectivity index (χ3n) is 5.63. The molecule has 1 fully saturated rings. The van der Waals surface area contributed by atoms with Gasteiger partial charge in [0, 0.05) is 46.6 Å². The van der Waals surface area contributed by atoms with E-state index in [0.717, 1.165) is 40.8 Å². The lowest BCUT2D eigenvalue weighted by Gasteiger charge is -2.10. The van der Waals surface area contributed by atoms with E-state index in [2.05, 4.69) is 19.7 Å². The molecule has 4 aromatic rings. The minimum Gasteiger partial charge on any atom is -0.318 e. The summed E-state index contributed by atoms with van der Waals surface area (Å²) in [7, 11) is 0. The summed E-state index contributed by atoms with van der Waals surface area (Å²) in [6.07, 6.45) is 5.68. The molecular formula is C24H22FN5OS. The van der Waals surface area contributed by atoms with Gasteiger partial charge in [0.1, 0.15) is 5.82 Å². The van der Waals surface area contributed by atoms with Crippen molar-refractivity contribution >= 4 is 17.5 Å². The highest BCUT2D eigenvalue weighted by atomic mass is 32.2. The van der Waals surface area contributed by atoms with E-state index in [1.54, 1.807) is 18.5 Å². The molecule has 0 radical (unpaired) electrons. The van der Waals surface area contributed by atoms with Crippen molar-refractivity contribution in [3.05, 3.63) is 77.6 Å². The normalized spacial score (nSPS) is 13.5. The van der Waals surface area contributed by atoms with Crippen LogP contribution in [0, 0.1) is 19.7 Å². The number of pyridine rings is 1. The highest BCUT2D eigenvalue weighted by molar-refractivity contribution is 7.99. The summed E-state index contributed by atoms with van der Waals surface area (Å²) in [5.41, 5.74) is 3.97. The SMILES string of the molecule is Cc1cc(C(=O)CSc2nnc(-c3cccnc3)n2C2CC2)c(C)n1-c1cccc(F)c1. The highest BCUT2D eigenvalue weighted by Crippen LogP contribution is 2.41. The number of aromatic nitrogens is 5. The van der Waals surface area contributed by atoms with Crippen LogP contribution in [-0.2, 0) is 0 Å². The second-order valence-electron chi connectivity index (χ2n) is 7.96. The van der Waals surface area contributed by atoms with Crippen LogP contribution in [0.15, 0.2) is 60.0 Å². The quantitative estimate of drug-likeness (QED) is 0.288. The van der Waals surface area contributed by atoms with Crippen molar-refractivity contribution in [3.8, 4) is 17.1 Å². The van der Waals surface area contributed by atoms with E-state index in [-0.39, 0.29) is 17.4 Å². The Morgan fingerprint density at radius 3 is 2.72 bits per heavy atom. The van der Waals surface area contributed by atoms with Crippen LogP contribution in [0.4, 0.5) is 4.39 Å². The third kappa shape index (κ3) is 3.86. The maximum Gasteiger partial charge on any atom is 0.192 e. The van der Waals surface area contributed by atoms with E-state index in [1.807, 2.05) is 42.7 Å². The second kappa shape index (κ2) is 8.35. The number of carbonyl (C=O) groups excluding carboxylic acids is 1. The van der Waals surface area contributed by atoms with Gasteiger partial charge in [0.2, 0.25) is 0 Å². The summed E-state index contributed by atoms with van der Waals surface area (Å²) in [5.74, 6) is 0.756. The Hall–Kier alpha value is -3.26. The lowest BCUT2D eigenvalue weighted by Crippen LogP contribution is -2.07. The number of hydrogen-bond acceptors (Lipinski definition) is 5. The Morgan fingerprint density at radius 2 is 2.00 bits per heavy atom. The molecule has 6 nitrogen and oxygen atoms in total. The molecule has 162 valence electrons. The minimum atomic E-state index is -0.303. The van der Waals surface area contributed by atoms with Crippen LogP contribution in [0.5, 0.6) is 0 Å². The van der Waals surface area contributed by atoms with Crippen LogP contribution in [0.2, 0.25) is 0 Å². The Bertz CT molecular complexity index is 1290. The summed E-state index contributed by atoms with van der Waals surface area (Å²) < 4.78 is 17.8. The van der Waals surface area contributed by atoms with E-state index in [1.165, 1.54) is 23.9 Å². The van der Waals surface area contributed by atoms with E-state index in [4.69, 9.17) is 0 Å². The molecule has 32 heavy (non-hydrogen) atoms. The number of Topliss-reactive ketones (excluding diaryl/α,β-unsaturated/α-hetero) is 1. The summed E-state index contributed by atoms with van der Waals surface area (Å²) in [6.45, 7) is 3.81. The first-order valence-corrected chi connectivity index (χ1v) is 11.5. The van der Waals surface area contributed by atoms with Gasteiger partial charge in [-0.3, -0.25) is 14.3 Å². The summed E-state index contributed by atoms with van der Waals surface area (Å²) in [6, 6.07) is 12.5. The fraction of sp³-hybridized carbons (Fsp3) is 0.250. The summed E-state index contributed by atoms with van der Waals surface area (Å²) in [4.78, 5) is 17.3. The second-order valence-corrected chi connectivity index (χ2v) is 8.90. The van der Waals surface area contributed by atoms with Gasteiger partial charge in [-0.25, -0.2) is 4.39 Å². The Balaban J connectivity index is 1.38. The molecule has 0 spiro atoms. The average Bonchev–Trinajstić information content (AvgIpc) is 3.47. The van der Waals surface area contributed by atoms with Gasteiger partial charge in [0.25, 0.3) is 0 Å². The number of aryl methyl sites for hydroxylation is 1. The topological polar surface area (TPSA) is 65.6 Å². The van der Waals surface area contributed by atoms with Gasteiger partial charge < -0.3 is 4.57 Å². The fourth-order valence-electron chi connectivity index (χ4n) is 3.99. The molecule has 0 aliphatic heterocycles. The van der Waals surface area contributed by atoms with Crippen molar-refractivity contribution in [2.45, 2.75) is 37.9 Å². The van der Waals surface area contributed by atoms with Gasteiger partial charge in [-0.1, -0.05) is 17.8 Å². The van der Waals surface area contributed by atoms with Gasteiger partial charge in [-0.2, -0.15) is 0 Å². The molecule has 0 unspecified atom stereocenters. The number of rotatable bonds is 7. The number of nitrogens with zero attached hydrogens (tertiary/aromatic N) is 5. The van der Waals surface area contributed by atoms with E-state index >= 15 is 0 Å². The number of hydrogen-bond donors (Lipinski definition) is 0. The number of thioether (sulfide) groups is 1. The van der Waals surface area contributed by atoms with Gasteiger partial charge in [-0.05, 0) is 63.1 Å². The van der Waals surface area contributed by atoms with Gasteiger partial charge in [0.15, 0.2) is 16.8 Å². The molecule has 0 atom stereocenters. The Morgan fingerprint density at radius 1 is 1.16 bits per heavy atom. The molecular weight excluding hydrogens is 425 g/mol. The zero-order valence-electron chi connectivity index (χ0n) is 17.8. The van der Waals surface area contributed by atoms with Crippen LogP contribution in [-0.4, -0.2) is 35.9 Å². The molecule has 0 saturated heterocycles. The summed E-state index contributed by atoms with van der Waals surface area (Å²) >= 11 is 1.41. The predicted molar refractivity (Wildman–Crippen MR) is 122 cm³/mol. The van der Waals surface area contributed by atoms with Gasteiger partial charge >= 0.3 is 0 Å². The molecule has 3 heterocycles. The van der Waals surface area contributed by atoms with Crippen molar-refractivity contribution in [1.29, 1.82) is 0 Å². The van der Waals surface area contributed by atoms with Crippen molar-refractivity contribution < 1.29 is 9.18 Å². The third-order valence-corrected chi connectivity index (χ3v) is 6.57. The maximum absolute atomic E-state index is 13.7. The smallest absolute Gasteiger partial charge is 0.192 e. The Kier molecular flexibility index (Phi) is 5.38. The maximum atomic E-state index is 13.7. The standard InChI is InChI=1S/C24H22FN5OS/c1-15-11-21(16(2)29(15)20-7-3-6-18(25)12-20)22(31)14-32-24-28-27-23(30(24)19-8-9-19)17-5-4-10-26-13-17/h3-7,10-13,19H,8-9,14H2,1-2H3. The molecule has 0 bridgehead atoms. The lowest BCUT2D eigenvalue weighted by molar-refractivity contribution is 0.102. The van der Waals surface area contributed by atoms with E-state index in [0.29, 0.717) is 17.3 Å². The Labute approximate surface area is 189 Å². The number of halogens is 1. The lowest BCUT2D eigenvalue weighted by atomic mass is 10.2. The molecule has 5 rings (SSSR count). The monoisotopic (exact) mass is 447 g/mol. The number of benzene rings is 1. The average molecular weight is 448 g/mol. The zero-order valence-corrected chi connectivity index (χ0v) is 18.6. The van der Waals surface area contributed by atoms with Crippen molar-refractivity contribution in [2.24, 2.45) is 0 Å². The predicted octanol–water partition coefficient (Wildman–Crippen LogP) is 5.20. The van der Waals surface area contributed by atoms with Gasteiger partial charge in [0.05, 0.1) is 5.75 Å². The molecule has 1 aromatic carbocycles. The molecule has 1 saturated carbocycles. The van der Waals surface area contributed by atoms with Crippen LogP contribution in [0.3, 0.4) is 0 Å². The molecule has 0 amide bonds. The van der Waals surface area contributed by atoms with Crippen molar-refractivity contribution in [3.63, 3.8) is 0 Å². The largest absolute Gasteiger partial charge is 0.318 e. The zero-order chi connectivity index (χ0) is 22.2. The van der Waals surface area contributed by atoms with Crippen LogP contribution in [0.25, 0.3) is 17.1 Å². The fourth-order valence-corrected chi connectivity index (χ4v) is 4.88. The number of ketones is 1. The minimum absolute atomic E-state index is 0.0130. The summed E-state index contributed by atoms with van der Waals surface area (Å²) in [5, 5.41) is 9.50.